The van der Waals surface area contributed by atoms with Gasteiger partial charge in [0.2, 0.25) is 5.91 Å². The third-order valence-electron chi connectivity index (χ3n) is 3.78. The van der Waals surface area contributed by atoms with E-state index in [2.05, 4.69) is 10.3 Å². The minimum absolute atomic E-state index is 0.0129. The quantitative estimate of drug-likeness (QED) is 0.706. The maximum Gasteiger partial charge on any atom is 0.224 e. The van der Waals surface area contributed by atoms with Crippen LogP contribution in [0.5, 0.6) is 5.75 Å². The molecule has 3 rings (SSSR count). The second-order valence-corrected chi connectivity index (χ2v) is 6.11. The third-order valence-corrected chi connectivity index (χ3v) is 4.03. The van der Waals surface area contributed by atoms with Crippen molar-refractivity contribution in [1.29, 1.82) is 0 Å². The zero-order valence-electron chi connectivity index (χ0n) is 14.0. The summed E-state index contributed by atoms with van der Waals surface area (Å²) in [4.78, 5) is 16.6. The molecular weight excluding hydrogens is 338 g/mol. The lowest BCUT2D eigenvalue weighted by atomic mass is 10.1. The molecule has 0 saturated carbocycles. The summed E-state index contributed by atoms with van der Waals surface area (Å²) < 4.78 is 7.53. The van der Waals surface area contributed by atoms with Crippen LogP contribution in [0.1, 0.15) is 18.2 Å². The number of halogens is 1. The molecule has 0 atom stereocenters. The molecule has 130 valence electrons. The highest BCUT2D eigenvalue weighted by molar-refractivity contribution is 6.30. The molecule has 3 aromatic rings. The largest absolute Gasteiger partial charge is 0.490 e. The first-order chi connectivity index (χ1) is 12.2. The molecule has 1 amide bonds. The number of imidazole rings is 1. The van der Waals surface area contributed by atoms with E-state index in [0.717, 1.165) is 22.7 Å². The summed E-state index contributed by atoms with van der Waals surface area (Å²) in [6, 6.07) is 11.1. The van der Waals surface area contributed by atoms with Crippen molar-refractivity contribution < 1.29 is 9.53 Å². The second kappa shape index (κ2) is 8.03. The van der Waals surface area contributed by atoms with Crippen molar-refractivity contribution in [2.24, 2.45) is 0 Å². The van der Waals surface area contributed by atoms with E-state index < -0.39 is 0 Å². The summed E-state index contributed by atoms with van der Waals surface area (Å²) in [5.74, 6) is 0.754. The van der Waals surface area contributed by atoms with Crippen molar-refractivity contribution in [3.8, 4) is 5.75 Å². The fourth-order valence-corrected chi connectivity index (χ4v) is 2.73. The Morgan fingerprint density at radius 2 is 2.08 bits per heavy atom. The molecular formula is C19H20ClN3O2. The van der Waals surface area contributed by atoms with Crippen molar-refractivity contribution in [1.82, 2.24) is 14.7 Å². The number of carbonyl (C=O) groups excluding carboxylic acids is 1. The predicted octanol–water partition coefficient (Wildman–Crippen LogP) is 3.29. The van der Waals surface area contributed by atoms with Crippen LogP contribution in [0, 0.1) is 0 Å². The molecule has 1 N–H and O–H groups in total. The van der Waals surface area contributed by atoms with Crippen LogP contribution in [-0.4, -0.2) is 28.4 Å². The van der Waals surface area contributed by atoms with Gasteiger partial charge < -0.3 is 14.5 Å². The Hall–Kier alpha value is -2.53. The Labute approximate surface area is 151 Å². The molecule has 0 bridgehead atoms. The Morgan fingerprint density at radius 1 is 1.28 bits per heavy atom. The zero-order chi connectivity index (χ0) is 17.6. The minimum atomic E-state index is -0.0129. The Bertz CT molecular complexity index is 859. The average Bonchev–Trinajstić information content (AvgIpc) is 3.01. The van der Waals surface area contributed by atoms with E-state index in [0.29, 0.717) is 31.0 Å². The van der Waals surface area contributed by atoms with Crippen LogP contribution in [0.4, 0.5) is 0 Å². The van der Waals surface area contributed by atoms with Crippen LogP contribution in [0.3, 0.4) is 0 Å². The van der Waals surface area contributed by atoms with E-state index in [4.69, 9.17) is 16.3 Å². The number of rotatable bonds is 7. The molecule has 2 heterocycles. The van der Waals surface area contributed by atoms with Gasteiger partial charge in [-0.1, -0.05) is 23.7 Å². The number of hydrogen-bond acceptors (Lipinski definition) is 3. The lowest BCUT2D eigenvalue weighted by Gasteiger charge is -2.04. The first-order valence-electron chi connectivity index (χ1n) is 8.26. The highest BCUT2D eigenvalue weighted by Gasteiger charge is 2.08. The summed E-state index contributed by atoms with van der Waals surface area (Å²) in [5.41, 5.74) is 2.65. The highest BCUT2D eigenvalue weighted by Crippen LogP contribution is 2.19. The number of carbonyl (C=O) groups is 1. The minimum Gasteiger partial charge on any atom is -0.490 e. The van der Waals surface area contributed by atoms with Crippen molar-refractivity contribution in [3.63, 3.8) is 0 Å². The molecule has 0 spiro atoms. The van der Waals surface area contributed by atoms with Crippen LogP contribution < -0.4 is 10.1 Å². The summed E-state index contributed by atoms with van der Waals surface area (Å²) in [5, 5.41) is 3.59. The van der Waals surface area contributed by atoms with Crippen LogP contribution in [0.25, 0.3) is 5.65 Å². The molecule has 2 aromatic heterocycles. The maximum atomic E-state index is 12.0. The van der Waals surface area contributed by atoms with E-state index in [1.165, 1.54) is 0 Å². The average molecular weight is 358 g/mol. The highest BCUT2D eigenvalue weighted by atomic mass is 35.5. The molecule has 6 heteroatoms. The fraction of sp³-hybridized carbons (Fsp3) is 0.263. The molecule has 1 aromatic carbocycles. The molecule has 0 saturated heterocycles. The van der Waals surface area contributed by atoms with Gasteiger partial charge >= 0.3 is 0 Å². The third kappa shape index (κ3) is 4.51. The Balaban J connectivity index is 1.55. The van der Waals surface area contributed by atoms with E-state index in [1.54, 1.807) is 12.1 Å². The van der Waals surface area contributed by atoms with E-state index in [-0.39, 0.29) is 5.91 Å². The van der Waals surface area contributed by atoms with Crippen LogP contribution in [0.15, 0.2) is 48.8 Å². The van der Waals surface area contributed by atoms with Gasteiger partial charge in [-0.25, -0.2) is 4.98 Å². The van der Waals surface area contributed by atoms with Gasteiger partial charge in [0, 0.05) is 30.4 Å². The Kier molecular flexibility index (Phi) is 5.56. The van der Waals surface area contributed by atoms with Crippen molar-refractivity contribution in [3.05, 3.63) is 65.1 Å². The smallest absolute Gasteiger partial charge is 0.224 e. The predicted molar refractivity (Wildman–Crippen MR) is 98.2 cm³/mol. The van der Waals surface area contributed by atoms with Crippen molar-refractivity contribution in [2.75, 3.05) is 13.2 Å². The van der Waals surface area contributed by atoms with Gasteiger partial charge in [0.25, 0.3) is 0 Å². The number of hydrogen-bond donors (Lipinski definition) is 1. The first kappa shape index (κ1) is 17.3. The maximum absolute atomic E-state index is 12.0. The molecule has 0 unspecified atom stereocenters. The number of fused-ring (bicyclic) bond motifs is 1. The van der Waals surface area contributed by atoms with Gasteiger partial charge in [0.1, 0.15) is 0 Å². The number of ether oxygens (including phenoxy) is 1. The lowest BCUT2D eigenvalue weighted by Crippen LogP contribution is -2.27. The molecule has 0 radical (unpaired) electrons. The van der Waals surface area contributed by atoms with E-state index in [9.17, 15) is 4.79 Å². The molecule has 5 nitrogen and oxygen atoms in total. The van der Waals surface area contributed by atoms with Gasteiger partial charge in [-0.05, 0) is 36.8 Å². The van der Waals surface area contributed by atoms with E-state index >= 15 is 0 Å². The fourth-order valence-electron chi connectivity index (χ4n) is 2.61. The molecule has 0 fully saturated rings. The van der Waals surface area contributed by atoms with Crippen molar-refractivity contribution >= 4 is 23.2 Å². The normalized spacial score (nSPS) is 10.8. The van der Waals surface area contributed by atoms with Gasteiger partial charge in [-0.3, -0.25) is 4.79 Å². The van der Waals surface area contributed by atoms with Crippen LogP contribution in [0.2, 0.25) is 5.02 Å². The van der Waals surface area contributed by atoms with E-state index in [1.807, 2.05) is 48.0 Å². The van der Waals surface area contributed by atoms with Gasteiger partial charge in [-0.15, -0.1) is 0 Å². The molecule has 0 aliphatic heterocycles. The number of pyridine rings is 1. The number of benzene rings is 1. The van der Waals surface area contributed by atoms with Crippen LogP contribution in [-0.2, 0) is 17.6 Å². The molecule has 0 aliphatic rings. The SMILES string of the molecule is CCOc1cccn2cc(CCNC(=O)Cc3ccc(Cl)cc3)nc12. The topological polar surface area (TPSA) is 55.6 Å². The lowest BCUT2D eigenvalue weighted by molar-refractivity contribution is -0.120. The van der Waals surface area contributed by atoms with Gasteiger partial charge in [0.15, 0.2) is 11.4 Å². The Morgan fingerprint density at radius 3 is 2.84 bits per heavy atom. The van der Waals surface area contributed by atoms with Crippen LogP contribution >= 0.6 is 11.6 Å². The second-order valence-electron chi connectivity index (χ2n) is 5.67. The van der Waals surface area contributed by atoms with Crippen molar-refractivity contribution in [2.45, 2.75) is 19.8 Å². The first-order valence-corrected chi connectivity index (χ1v) is 8.64. The number of amides is 1. The zero-order valence-corrected chi connectivity index (χ0v) is 14.8. The number of nitrogens with one attached hydrogen (secondary N) is 1. The summed E-state index contributed by atoms with van der Waals surface area (Å²) >= 11 is 5.85. The standard InChI is InChI=1S/C19H20ClN3O2/c1-2-25-17-4-3-11-23-13-16(22-19(17)23)9-10-21-18(24)12-14-5-7-15(20)8-6-14/h3-8,11,13H,2,9-10,12H2,1H3,(H,21,24). The molecule has 25 heavy (non-hydrogen) atoms. The summed E-state index contributed by atoms with van der Waals surface area (Å²) in [6.45, 7) is 3.09. The number of aromatic nitrogens is 2. The summed E-state index contributed by atoms with van der Waals surface area (Å²) in [7, 11) is 0. The molecule has 0 aliphatic carbocycles. The van der Waals surface area contributed by atoms with Gasteiger partial charge in [-0.2, -0.15) is 0 Å². The monoisotopic (exact) mass is 357 g/mol. The van der Waals surface area contributed by atoms with Gasteiger partial charge in [0.05, 0.1) is 18.7 Å². The summed E-state index contributed by atoms with van der Waals surface area (Å²) in [6.07, 6.45) is 4.91. The number of nitrogens with zero attached hydrogens (tertiary/aromatic N) is 2.